The Kier molecular flexibility index (Phi) is 3.31. The van der Waals surface area contributed by atoms with Gasteiger partial charge in [0.2, 0.25) is 0 Å². The van der Waals surface area contributed by atoms with Crippen LogP contribution in [0.1, 0.15) is 17.2 Å². The standard InChI is InChI=1S/C11H16N2O2/c1-7-5-4-6-8(13(2)3)9(7)10(12)11(14)15/h4-6,10H,12H2,1-3H3,(H,14,15). The minimum absolute atomic E-state index is 0.676. The van der Waals surface area contributed by atoms with E-state index in [9.17, 15) is 4.79 Å². The number of anilines is 1. The summed E-state index contributed by atoms with van der Waals surface area (Å²) < 4.78 is 0. The highest BCUT2D eigenvalue weighted by Gasteiger charge is 2.20. The second-order valence-electron chi connectivity index (χ2n) is 3.72. The lowest BCUT2D eigenvalue weighted by Gasteiger charge is -2.21. The van der Waals surface area contributed by atoms with Gasteiger partial charge in [-0.05, 0) is 18.6 Å². The predicted molar refractivity (Wildman–Crippen MR) is 60.1 cm³/mol. The molecule has 0 saturated heterocycles. The number of aliphatic carboxylic acids is 1. The lowest BCUT2D eigenvalue weighted by Crippen LogP contribution is -2.24. The molecular formula is C11H16N2O2. The molecule has 1 atom stereocenters. The number of carbonyl (C=O) groups is 1. The molecule has 4 nitrogen and oxygen atoms in total. The van der Waals surface area contributed by atoms with Crippen LogP contribution in [0.15, 0.2) is 18.2 Å². The smallest absolute Gasteiger partial charge is 0.325 e. The van der Waals surface area contributed by atoms with Gasteiger partial charge >= 0.3 is 5.97 Å². The predicted octanol–water partition coefficient (Wildman–Crippen LogP) is 1.15. The molecule has 0 aliphatic rings. The molecule has 0 amide bonds. The zero-order valence-corrected chi connectivity index (χ0v) is 9.19. The van der Waals surface area contributed by atoms with E-state index in [-0.39, 0.29) is 0 Å². The van der Waals surface area contributed by atoms with Gasteiger partial charge in [0, 0.05) is 25.3 Å². The number of hydrogen-bond donors (Lipinski definition) is 2. The van der Waals surface area contributed by atoms with E-state index < -0.39 is 12.0 Å². The minimum atomic E-state index is -1.01. The molecule has 1 unspecified atom stereocenters. The average molecular weight is 208 g/mol. The number of benzene rings is 1. The van der Waals surface area contributed by atoms with Crippen molar-refractivity contribution in [2.24, 2.45) is 5.73 Å². The van der Waals surface area contributed by atoms with Crippen LogP contribution < -0.4 is 10.6 Å². The fraction of sp³-hybridized carbons (Fsp3) is 0.364. The van der Waals surface area contributed by atoms with E-state index in [2.05, 4.69) is 0 Å². The zero-order valence-electron chi connectivity index (χ0n) is 9.19. The van der Waals surface area contributed by atoms with Crippen LogP contribution >= 0.6 is 0 Å². The first-order valence-corrected chi connectivity index (χ1v) is 4.70. The van der Waals surface area contributed by atoms with E-state index in [1.807, 2.05) is 44.1 Å². The van der Waals surface area contributed by atoms with E-state index in [1.165, 1.54) is 0 Å². The SMILES string of the molecule is Cc1cccc(N(C)C)c1C(N)C(=O)O. The van der Waals surface area contributed by atoms with Crippen molar-refractivity contribution < 1.29 is 9.90 Å². The highest BCUT2D eigenvalue weighted by Crippen LogP contribution is 2.27. The van der Waals surface area contributed by atoms with Crippen molar-refractivity contribution in [1.29, 1.82) is 0 Å². The number of nitrogens with zero attached hydrogens (tertiary/aromatic N) is 1. The van der Waals surface area contributed by atoms with Gasteiger partial charge in [0.05, 0.1) is 0 Å². The van der Waals surface area contributed by atoms with Gasteiger partial charge in [-0.3, -0.25) is 4.79 Å². The molecule has 0 spiro atoms. The maximum absolute atomic E-state index is 10.9. The maximum atomic E-state index is 10.9. The van der Waals surface area contributed by atoms with E-state index in [1.54, 1.807) is 0 Å². The third-order valence-electron chi connectivity index (χ3n) is 2.36. The quantitative estimate of drug-likeness (QED) is 0.781. The summed E-state index contributed by atoms with van der Waals surface area (Å²) in [6, 6.07) is 4.66. The van der Waals surface area contributed by atoms with Crippen LogP contribution in [0.5, 0.6) is 0 Å². The van der Waals surface area contributed by atoms with Gasteiger partial charge in [-0.25, -0.2) is 0 Å². The lowest BCUT2D eigenvalue weighted by molar-refractivity contribution is -0.138. The Hall–Kier alpha value is -1.55. The van der Waals surface area contributed by atoms with Crippen LogP contribution in [0, 0.1) is 6.92 Å². The number of carboxylic acids is 1. The van der Waals surface area contributed by atoms with Gasteiger partial charge in [0.1, 0.15) is 6.04 Å². The molecule has 0 aliphatic heterocycles. The summed E-state index contributed by atoms with van der Waals surface area (Å²) in [5.41, 5.74) is 8.08. The van der Waals surface area contributed by atoms with Crippen molar-refractivity contribution >= 4 is 11.7 Å². The zero-order chi connectivity index (χ0) is 11.6. The summed E-state index contributed by atoms with van der Waals surface area (Å²) in [7, 11) is 3.74. The normalized spacial score (nSPS) is 12.3. The molecule has 4 heteroatoms. The molecule has 0 fully saturated rings. The topological polar surface area (TPSA) is 66.6 Å². The molecule has 0 heterocycles. The minimum Gasteiger partial charge on any atom is -0.480 e. The first-order chi connectivity index (χ1) is 6.95. The largest absolute Gasteiger partial charge is 0.480 e. The Morgan fingerprint density at radius 3 is 2.53 bits per heavy atom. The second kappa shape index (κ2) is 4.31. The third-order valence-corrected chi connectivity index (χ3v) is 2.36. The number of rotatable bonds is 3. The number of hydrogen-bond acceptors (Lipinski definition) is 3. The molecule has 0 bridgehead atoms. The fourth-order valence-electron chi connectivity index (χ4n) is 1.58. The molecular weight excluding hydrogens is 192 g/mol. The van der Waals surface area contributed by atoms with Gasteiger partial charge in [0.25, 0.3) is 0 Å². The Morgan fingerprint density at radius 2 is 2.07 bits per heavy atom. The monoisotopic (exact) mass is 208 g/mol. The first kappa shape index (κ1) is 11.5. The molecule has 3 N–H and O–H groups in total. The summed E-state index contributed by atoms with van der Waals surface area (Å²) in [4.78, 5) is 12.7. The molecule has 1 aromatic rings. The fourth-order valence-corrected chi connectivity index (χ4v) is 1.58. The van der Waals surface area contributed by atoms with Crippen molar-refractivity contribution in [2.75, 3.05) is 19.0 Å². The molecule has 0 radical (unpaired) electrons. The van der Waals surface area contributed by atoms with Crippen LogP contribution in [0.4, 0.5) is 5.69 Å². The molecule has 1 aromatic carbocycles. The molecule has 0 aliphatic carbocycles. The Morgan fingerprint density at radius 1 is 1.47 bits per heavy atom. The Balaban J connectivity index is 3.30. The number of aryl methyl sites for hydroxylation is 1. The summed E-state index contributed by atoms with van der Waals surface area (Å²) >= 11 is 0. The molecule has 15 heavy (non-hydrogen) atoms. The summed E-state index contributed by atoms with van der Waals surface area (Å²) in [6.45, 7) is 1.87. The number of nitrogens with two attached hydrogens (primary N) is 1. The molecule has 0 aromatic heterocycles. The van der Waals surface area contributed by atoms with Crippen LogP contribution in [-0.2, 0) is 4.79 Å². The average Bonchev–Trinajstić information content (AvgIpc) is 2.16. The van der Waals surface area contributed by atoms with E-state index in [0.29, 0.717) is 5.56 Å². The second-order valence-corrected chi connectivity index (χ2v) is 3.72. The Labute approximate surface area is 89.3 Å². The van der Waals surface area contributed by atoms with Crippen LogP contribution in [0.3, 0.4) is 0 Å². The summed E-state index contributed by atoms with van der Waals surface area (Å²) in [5.74, 6) is -1.01. The van der Waals surface area contributed by atoms with Crippen LogP contribution in [0.25, 0.3) is 0 Å². The van der Waals surface area contributed by atoms with E-state index in [4.69, 9.17) is 10.8 Å². The maximum Gasteiger partial charge on any atom is 0.325 e. The molecule has 1 rings (SSSR count). The molecule has 0 saturated carbocycles. The highest BCUT2D eigenvalue weighted by molar-refractivity contribution is 5.79. The van der Waals surface area contributed by atoms with Gasteiger partial charge in [-0.2, -0.15) is 0 Å². The van der Waals surface area contributed by atoms with Crippen LogP contribution in [-0.4, -0.2) is 25.2 Å². The molecule has 82 valence electrons. The third kappa shape index (κ3) is 2.27. The van der Waals surface area contributed by atoms with E-state index in [0.717, 1.165) is 11.3 Å². The van der Waals surface area contributed by atoms with Crippen molar-refractivity contribution in [1.82, 2.24) is 0 Å². The van der Waals surface area contributed by atoms with Crippen molar-refractivity contribution in [3.05, 3.63) is 29.3 Å². The highest BCUT2D eigenvalue weighted by atomic mass is 16.4. The van der Waals surface area contributed by atoms with Crippen molar-refractivity contribution in [3.63, 3.8) is 0 Å². The van der Waals surface area contributed by atoms with E-state index >= 15 is 0 Å². The number of carboxylic acid groups (broad SMARTS) is 1. The van der Waals surface area contributed by atoms with Gasteiger partial charge in [0.15, 0.2) is 0 Å². The first-order valence-electron chi connectivity index (χ1n) is 4.70. The van der Waals surface area contributed by atoms with Crippen molar-refractivity contribution in [3.8, 4) is 0 Å². The van der Waals surface area contributed by atoms with Crippen molar-refractivity contribution in [2.45, 2.75) is 13.0 Å². The Bertz CT molecular complexity index is 375. The van der Waals surface area contributed by atoms with Gasteiger partial charge in [-0.15, -0.1) is 0 Å². The lowest BCUT2D eigenvalue weighted by atomic mass is 9.99. The summed E-state index contributed by atoms with van der Waals surface area (Å²) in [6.07, 6.45) is 0. The van der Waals surface area contributed by atoms with Gasteiger partial charge in [-0.1, -0.05) is 12.1 Å². The van der Waals surface area contributed by atoms with Crippen LogP contribution in [0.2, 0.25) is 0 Å². The van der Waals surface area contributed by atoms with Gasteiger partial charge < -0.3 is 15.7 Å². The summed E-state index contributed by atoms with van der Waals surface area (Å²) in [5, 5.41) is 8.92.